The van der Waals surface area contributed by atoms with Crippen LogP contribution < -0.4 is 10.2 Å². The Hall–Kier alpha value is -2.21. The predicted molar refractivity (Wildman–Crippen MR) is 134 cm³/mol. The van der Waals surface area contributed by atoms with E-state index < -0.39 is 11.7 Å². The molecule has 3 aromatic rings. The molecule has 1 heterocycles. The molecule has 0 bridgehead atoms. The molecule has 1 fully saturated rings. The molecular weight excluding hydrogens is 480 g/mol. The minimum absolute atomic E-state index is 0.271. The number of nitrogens with zero attached hydrogens (tertiary/aromatic N) is 1. The summed E-state index contributed by atoms with van der Waals surface area (Å²) in [5.41, 5.74) is 3.26. The highest BCUT2D eigenvalue weighted by Gasteiger charge is 2.39. The molecule has 1 N–H and O–H groups in total. The fraction of sp³-hybridized carbons (Fsp3) is 0.333. The number of alkyl halides is 3. The smallest absolute Gasteiger partial charge is 0.361 e. The summed E-state index contributed by atoms with van der Waals surface area (Å²) < 4.78 is 39.3. The molecule has 1 aliphatic rings. The van der Waals surface area contributed by atoms with Crippen LogP contribution in [0.15, 0.2) is 66.7 Å². The number of anilines is 1. The van der Waals surface area contributed by atoms with E-state index in [4.69, 9.17) is 23.2 Å². The van der Waals surface area contributed by atoms with Crippen LogP contribution >= 0.6 is 23.2 Å². The quantitative estimate of drug-likeness (QED) is 0.368. The standard InChI is InChI=1S/C27H27Cl2F3N2/c1-19-2-9-23(10-3-19)34(18-21-6-11-24(28)25(29)16-21)26(12-14-33-15-13-26)17-20-4-7-22(8-5-20)27(30,31)32/h2-11,16,33H,12-15,17-18H2,1H3. The zero-order chi connectivity index (χ0) is 24.3. The van der Waals surface area contributed by atoms with E-state index in [1.54, 1.807) is 18.2 Å². The Morgan fingerprint density at radius 3 is 2.06 bits per heavy atom. The van der Waals surface area contributed by atoms with Gasteiger partial charge in [-0.1, -0.05) is 59.1 Å². The third kappa shape index (κ3) is 5.70. The molecule has 0 unspecified atom stereocenters. The second-order valence-corrected chi connectivity index (χ2v) is 9.83. The lowest BCUT2D eigenvalue weighted by atomic mass is 9.79. The van der Waals surface area contributed by atoms with Gasteiger partial charge in [0.1, 0.15) is 0 Å². The number of rotatable bonds is 6. The minimum atomic E-state index is -4.34. The highest BCUT2D eigenvalue weighted by Crippen LogP contribution is 2.38. The molecule has 0 saturated carbocycles. The maximum absolute atomic E-state index is 13.1. The van der Waals surface area contributed by atoms with Crippen LogP contribution in [0.1, 0.15) is 35.1 Å². The van der Waals surface area contributed by atoms with Crippen molar-refractivity contribution in [2.24, 2.45) is 0 Å². The van der Waals surface area contributed by atoms with Gasteiger partial charge in [-0.2, -0.15) is 13.2 Å². The van der Waals surface area contributed by atoms with E-state index in [0.29, 0.717) is 23.0 Å². The Balaban J connectivity index is 1.73. The normalized spacial score (nSPS) is 15.8. The lowest BCUT2D eigenvalue weighted by Gasteiger charge is -2.48. The first-order valence-corrected chi connectivity index (χ1v) is 12.1. The van der Waals surface area contributed by atoms with E-state index in [0.717, 1.165) is 42.7 Å². The number of piperidine rings is 1. The van der Waals surface area contributed by atoms with E-state index in [-0.39, 0.29) is 5.54 Å². The second kappa shape index (κ2) is 10.2. The van der Waals surface area contributed by atoms with Crippen LogP contribution in [0.2, 0.25) is 10.0 Å². The van der Waals surface area contributed by atoms with E-state index in [1.165, 1.54) is 17.7 Å². The minimum Gasteiger partial charge on any atom is -0.361 e. The van der Waals surface area contributed by atoms with Gasteiger partial charge in [0.15, 0.2) is 0 Å². The maximum atomic E-state index is 13.1. The topological polar surface area (TPSA) is 15.3 Å². The fourth-order valence-corrected chi connectivity index (χ4v) is 5.02. The Morgan fingerprint density at radius 2 is 1.47 bits per heavy atom. The van der Waals surface area contributed by atoms with Gasteiger partial charge < -0.3 is 10.2 Å². The molecule has 2 nitrogen and oxygen atoms in total. The zero-order valence-corrected chi connectivity index (χ0v) is 20.4. The monoisotopic (exact) mass is 506 g/mol. The molecule has 3 aromatic carbocycles. The number of hydrogen-bond donors (Lipinski definition) is 1. The molecule has 7 heteroatoms. The molecule has 1 saturated heterocycles. The summed E-state index contributed by atoms with van der Waals surface area (Å²) in [5, 5.41) is 4.45. The Morgan fingerprint density at radius 1 is 0.853 bits per heavy atom. The third-order valence-electron chi connectivity index (χ3n) is 6.59. The van der Waals surface area contributed by atoms with Gasteiger partial charge >= 0.3 is 6.18 Å². The van der Waals surface area contributed by atoms with Gasteiger partial charge in [-0.25, -0.2) is 0 Å². The average molecular weight is 507 g/mol. The van der Waals surface area contributed by atoms with Crippen LogP contribution in [0.25, 0.3) is 0 Å². The van der Waals surface area contributed by atoms with Crippen LogP contribution in [0.3, 0.4) is 0 Å². The molecule has 4 rings (SSSR count). The van der Waals surface area contributed by atoms with Crippen molar-refractivity contribution in [1.82, 2.24) is 5.32 Å². The molecule has 34 heavy (non-hydrogen) atoms. The van der Waals surface area contributed by atoms with Gasteiger partial charge in [-0.05, 0) is 86.8 Å². The largest absolute Gasteiger partial charge is 0.416 e. The molecular formula is C27H27Cl2F3N2. The van der Waals surface area contributed by atoms with Crippen molar-refractivity contribution in [3.05, 3.63) is 99.0 Å². The highest BCUT2D eigenvalue weighted by molar-refractivity contribution is 6.42. The SMILES string of the molecule is Cc1ccc(N(Cc2ccc(Cl)c(Cl)c2)C2(Cc3ccc(C(F)(F)F)cc3)CCNCC2)cc1. The van der Waals surface area contributed by atoms with Gasteiger partial charge in [0.2, 0.25) is 0 Å². The summed E-state index contributed by atoms with van der Waals surface area (Å²) >= 11 is 12.5. The van der Waals surface area contributed by atoms with Crippen molar-refractivity contribution in [3.63, 3.8) is 0 Å². The van der Waals surface area contributed by atoms with E-state index >= 15 is 0 Å². The maximum Gasteiger partial charge on any atom is 0.416 e. The van der Waals surface area contributed by atoms with E-state index in [1.807, 2.05) is 12.1 Å². The number of halogens is 5. The molecule has 1 aliphatic heterocycles. The van der Waals surface area contributed by atoms with Crippen LogP contribution in [-0.2, 0) is 19.1 Å². The molecule has 180 valence electrons. The number of hydrogen-bond acceptors (Lipinski definition) is 2. The Kier molecular flexibility index (Phi) is 7.46. The van der Waals surface area contributed by atoms with Crippen molar-refractivity contribution in [3.8, 4) is 0 Å². The Bertz CT molecular complexity index is 1110. The summed E-state index contributed by atoms with van der Waals surface area (Å²) in [7, 11) is 0. The zero-order valence-electron chi connectivity index (χ0n) is 18.9. The average Bonchev–Trinajstić information content (AvgIpc) is 2.81. The number of nitrogens with one attached hydrogen (secondary N) is 1. The second-order valence-electron chi connectivity index (χ2n) is 9.02. The van der Waals surface area contributed by atoms with Crippen molar-refractivity contribution in [1.29, 1.82) is 0 Å². The third-order valence-corrected chi connectivity index (χ3v) is 7.33. The van der Waals surface area contributed by atoms with Gasteiger partial charge in [-0.3, -0.25) is 0 Å². The fourth-order valence-electron chi connectivity index (χ4n) is 4.70. The van der Waals surface area contributed by atoms with Gasteiger partial charge in [0.25, 0.3) is 0 Å². The summed E-state index contributed by atoms with van der Waals surface area (Å²) in [6, 6.07) is 19.6. The van der Waals surface area contributed by atoms with E-state index in [2.05, 4.69) is 41.4 Å². The lowest BCUT2D eigenvalue weighted by molar-refractivity contribution is -0.137. The van der Waals surface area contributed by atoms with Gasteiger partial charge in [0, 0.05) is 17.8 Å². The van der Waals surface area contributed by atoms with E-state index in [9.17, 15) is 13.2 Å². The lowest BCUT2D eigenvalue weighted by Crippen LogP contribution is -2.56. The van der Waals surface area contributed by atoms with Crippen LogP contribution in [0.5, 0.6) is 0 Å². The van der Waals surface area contributed by atoms with Crippen molar-refractivity contribution >= 4 is 28.9 Å². The number of benzene rings is 3. The van der Waals surface area contributed by atoms with Crippen LogP contribution in [0, 0.1) is 6.92 Å². The summed E-state index contributed by atoms with van der Waals surface area (Å²) in [6.45, 7) is 4.34. The summed E-state index contributed by atoms with van der Waals surface area (Å²) in [4.78, 5) is 2.39. The first-order chi connectivity index (χ1) is 16.2. The first-order valence-electron chi connectivity index (χ1n) is 11.3. The summed E-state index contributed by atoms with van der Waals surface area (Å²) in [5.74, 6) is 0. The van der Waals surface area contributed by atoms with Gasteiger partial charge in [0.05, 0.1) is 15.6 Å². The predicted octanol–water partition coefficient (Wildman–Crippen LogP) is 7.69. The van der Waals surface area contributed by atoms with Crippen LogP contribution in [0.4, 0.5) is 18.9 Å². The molecule has 0 atom stereocenters. The van der Waals surface area contributed by atoms with Crippen molar-refractivity contribution in [2.45, 2.75) is 44.4 Å². The van der Waals surface area contributed by atoms with Crippen molar-refractivity contribution in [2.75, 3.05) is 18.0 Å². The molecule has 0 spiro atoms. The molecule has 0 aromatic heterocycles. The highest BCUT2D eigenvalue weighted by atomic mass is 35.5. The molecule has 0 aliphatic carbocycles. The van der Waals surface area contributed by atoms with Crippen molar-refractivity contribution < 1.29 is 13.2 Å². The Labute approximate surface area is 208 Å². The molecule has 0 radical (unpaired) electrons. The summed E-state index contributed by atoms with van der Waals surface area (Å²) in [6.07, 6.45) is -1.97. The first kappa shape index (κ1) is 24.9. The number of aryl methyl sites for hydroxylation is 1. The van der Waals surface area contributed by atoms with Crippen LogP contribution in [-0.4, -0.2) is 18.6 Å². The molecule has 0 amide bonds. The van der Waals surface area contributed by atoms with Gasteiger partial charge in [-0.15, -0.1) is 0 Å².